The molecule has 0 fully saturated rings. The van der Waals surface area contributed by atoms with Gasteiger partial charge in [0, 0.05) is 4.90 Å². The van der Waals surface area contributed by atoms with Crippen LogP contribution in [0.15, 0.2) is 58.5 Å². The quantitative estimate of drug-likeness (QED) is 0.495. The summed E-state index contributed by atoms with van der Waals surface area (Å²) in [5.41, 5.74) is 2.45. The molecule has 0 radical (unpaired) electrons. The van der Waals surface area contributed by atoms with E-state index in [4.69, 9.17) is 0 Å². The zero-order chi connectivity index (χ0) is 15.3. The van der Waals surface area contributed by atoms with E-state index in [9.17, 15) is 13.2 Å². The van der Waals surface area contributed by atoms with Gasteiger partial charge in [0.2, 0.25) is 0 Å². The Morgan fingerprint density at radius 3 is 2.33 bits per heavy atom. The summed E-state index contributed by atoms with van der Waals surface area (Å²) >= 11 is 1.62. The first-order valence-electron chi connectivity index (χ1n) is 6.10. The van der Waals surface area contributed by atoms with Gasteiger partial charge in [0.1, 0.15) is 0 Å². The molecule has 0 unspecified atom stereocenters. The molecule has 0 saturated heterocycles. The van der Waals surface area contributed by atoms with E-state index in [1.165, 1.54) is 24.4 Å². The molecule has 0 spiro atoms. The van der Waals surface area contributed by atoms with E-state index < -0.39 is 11.7 Å². The molecule has 0 aromatic heterocycles. The van der Waals surface area contributed by atoms with Crippen LogP contribution in [0.3, 0.4) is 0 Å². The number of benzene rings is 2. The van der Waals surface area contributed by atoms with Gasteiger partial charge in [-0.2, -0.15) is 18.3 Å². The monoisotopic (exact) mass is 310 g/mol. The summed E-state index contributed by atoms with van der Waals surface area (Å²) in [6, 6.07) is 12.8. The van der Waals surface area contributed by atoms with Crippen LogP contribution < -0.4 is 5.43 Å². The molecule has 110 valence electrons. The van der Waals surface area contributed by atoms with Crippen LogP contribution in [0, 0.1) is 0 Å². The van der Waals surface area contributed by atoms with Crippen LogP contribution in [-0.4, -0.2) is 12.5 Å². The van der Waals surface area contributed by atoms with Gasteiger partial charge in [-0.15, -0.1) is 11.8 Å². The Bertz CT molecular complexity index is 622. The number of nitrogens with one attached hydrogen (secondary N) is 1. The fraction of sp³-hybridized carbons (Fsp3) is 0.133. The summed E-state index contributed by atoms with van der Waals surface area (Å²) in [7, 11) is 0. The summed E-state index contributed by atoms with van der Waals surface area (Å²) < 4.78 is 38.4. The van der Waals surface area contributed by atoms with E-state index in [1.807, 2.05) is 30.5 Å². The van der Waals surface area contributed by atoms with Crippen molar-refractivity contribution in [3.63, 3.8) is 0 Å². The van der Waals surface area contributed by atoms with E-state index in [1.54, 1.807) is 11.8 Å². The SMILES string of the molecule is CSc1ccc(/C=N/Nc2ccccc2C(F)(F)F)cc1. The van der Waals surface area contributed by atoms with Crippen molar-refractivity contribution in [2.75, 3.05) is 11.7 Å². The summed E-state index contributed by atoms with van der Waals surface area (Å²) in [4.78, 5) is 1.11. The van der Waals surface area contributed by atoms with Crippen LogP contribution in [0.1, 0.15) is 11.1 Å². The summed E-state index contributed by atoms with van der Waals surface area (Å²) in [5.74, 6) is 0. The van der Waals surface area contributed by atoms with E-state index >= 15 is 0 Å². The average Bonchev–Trinajstić information content (AvgIpc) is 2.47. The van der Waals surface area contributed by atoms with Crippen molar-refractivity contribution in [3.05, 3.63) is 59.7 Å². The number of hydrogen-bond acceptors (Lipinski definition) is 3. The largest absolute Gasteiger partial charge is 0.418 e. The van der Waals surface area contributed by atoms with Crippen molar-refractivity contribution < 1.29 is 13.2 Å². The van der Waals surface area contributed by atoms with E-state index in [2.05, 4.69) is 10.5 Å². The van der Waals surface area contributed by atoms with Crippen molar-refractivity contribution in [3.8, 4) is 0 Å². The highest BCUT2D eigenvalue weighted by atomic mass is 32.2. The minimum Gasteiger partial charge on any atom is -0.278 e. The minimum atomic E-state index is -4.40. The number of rotatable bonds is 4. The first-order valence-corrected chi connectivity index (χ1v) is 7.32. The fourth-order valence-corrected chi connectivity index (χ4v) is 2.10. The molecule has 6 heteroatoms. The second kappa shape index (κ2) is 6.67. The number of hydrazone groups is 1. The lowest BCUT2D eigenvalue weighted by molar-refractivity contribution is -0.136. The number of hydrogen-bond donors (Lipinski definition) is 1. The number of nitrogens with zero attached hydrogens (tertiary/aromatic N) is 1. The molecular weight excluding hydrogens is 297 g/mol. The molecule has 1 N–H and O–H groups in total. The molecule has 2 aromatic carbocycles. The predicted octanol–water partition coefficient (Wildman–Crippen LogP) is 4.87. The second-order valence-corrected chi connectivity index (χ2v) is 5.07. The highest BCUT2D eigenvalue weighted by Crippen LogP contribution is 2.34. The third-order valence-corrected chi connectivity index (χ3v) is 3.49. The van der Waals surface area contributed by atoms with Crippen molar-refractivity contribution in [1.29, 1.82) is 0 Å². The maximum Gasteiger partial charge on any atom is 0.418 e. The Morgan fingerprint density at radius 2 is 1.71 bits per heavy atom. The topological polar surface area (TPSA) is 24.4 Å². The Hall–Kier alpha value is -1.95. The van der Waals surface area contributed by atoms with Crippen LogP contribution in [0.2, 0.25) is 0 Å². The first-order chi connectivity index (χ1) is 10.0. The Kier molecular flexibility index (Phi) is 4.90. The fourth-order valence-electron chi connectivity index (χ4n) is 1.69. The van der Waals surface area contributed by atoms with Gasteiger partial charge >= 0.3 is 6.18 Å². The number of anilines is 1. The smallest absolute Gasteiger partial charge is 0.278 e. The third kappa shape index (κ3) is 4.26. The molecule has 0 atom stereocenters. The molecule has 2 aromatic rings. The Balaban J connectivity index is 2.10. The van der Waals surface area contributed by atoms with Gasteiger partial charge in [-0.1, -0.05) is 24.3 Å². The van der Waals surface area contributed by atoms with Crippen LogP contribution in [0.4, 0.5) is 18.9 Å². The molecule has 0 amide bonds. The number of thioether (sulfide) groups is 1. The zero-order valence-electron chi connectivity index (χ0n) is 11.2. The van der Waals surface area contributed by atoms with Crippen LogP contribution >= 0.6 is 11.8 Å². The molecular formula is C15H13F3N2S. The molecule has 2 nitrogen and oxygen atoms in total. The molecule has 0 aliphatic carbocycles. The molecule has 2 rings (SSSR count). The molecule has 0 saturated carbocycles. The molecule has 0 heterocycles. The summed E-state index contributed by atoms with van der Waals surface area (Å²) in [6.07, 6.45) is -0.949. The maximum atomic E-state index is 12.8. The van der Waals surface area contributed by atoms with Crippen molar-refractivity contribution >= 4 is 23.7 Å². The normalized spacial score (nSPS) is 11.8. The number of alkyl halides is 3. The van der Waals surface area contributed by atoms with E-state index in [-0.39, 0.29) is 5.69 Å². The first kappa shape index (κ1) is 15.4. The number of para-hydroxylation sites is 1. The molecule has 0 aliphatic rings. The lowest BCUT2D eigenvalue weighted by Gasteiger charge is -2.11. The second-order valence-electron chi connectivity index (χ2n) is 4.19. The predicted molar refractivity (Wildman–Crippen MR) is 80.9 cm³/mol. The number of halogens is 3. The van der Waals surface area contributed by atoms with Gasteiger partial charge in [0.15, 0.2) is 0 Å². The van der Waals surface area contributed by atoms with Gasteiger partial charge < -0.3 is 0 Å². The molecule has 21 heavy (non-hydrogen) atoms. The van der Waals surface area contributed by atoms with Crippen LogP contribution in [0.5, 0.6) is 0 Å². The highest BCUT2D eigenvalue weighted by Gasteiger charge is 2.33. The van der Waals surface area contributed by atoms with Gasteiger partial charge in [-0.05, 0) is 36.1 Å². The average molecular weight is 310 g/mol. The van der Waals surface area contributed by atoms with Crippen molar-refractivity contribution in [2.45, 2.75) is 11.1 Å². The van der Waals surface area contributed by atoms with E-state index in [0.29, 0.717) is 0 Å². The lowest BCUT2D eigenvalue weighted by Crippen LogP contribution is -2.08. The summed E-state index contributed by atoms with van der Waals surface area (Å²) in [5, 5.41) is 3.86. The van der Waals surface area contributed by atoms with Crippen molar-refractivity contribution in [1.82, 2.24) is 0 Å². The van der Waals surface area contributed by atoms with Gasteiger partial charge in [0.25, 0.3) is 0 Å². The Morgan fingerprint density at radius 1 is 1.05 bits per heavy atom. The third-order valence-electron chi connectivity index (χ3n) is 2.75. The van der Waals surface area contributed by atoms with Crippen LogP contribution in [-0.2, 0) is 6.18 Å². The van der Waals surface area contributed by atoms with Gasteiger partial charge in [0.05, 0.1) is 17.5 Å². The zero-order valence-corrected chi connectivity index (χ0v) is 12.0. The molecule has 0 aliphatic heterocycles. The van der Waals surface area contributed by atoms with Crippen molar-refractivity contribution in [2.24, 2.45) is 5.10 Å². The maximum absolute atomic E-state index is 12.8. The minimum absolute atomic E-state index is 0.0676. The summed E-state index contributed by atoms with van der Waals surface area (Å²) in [6.45, 7) is 0. The van der Waals surface area contributed by atoms with Gasteiger partial charge in [-0.25, -0.2) is 0 Å². The lowest BCUT2D eigenvalue weighted by atomic mass is 10.2. The molecule has 0 bridgehead atoms. The highest BCUT2D eigenvalue weighted by molar-refractivity contribution is 7.98. The van der Waals surface area contributed by atoms with Gasteiger partial charge in [-0.3, -0.25) is 5.43 Å². The standard InChI is InChI=1S/C15H13F3N2S/c1-21-12-8-6-11(7-9-12)10-19-20-14-5-3-2-4-13(14)15(16,17)18/h2-10,20H,1H3/b19-10+. The van der Waals surface area contributed by atoms with E-state index in [0.717, 1.165) is 16.5 Å². The Labute approximate surface area is 125 Å². The van der Waals surface area contributed by atoms with Crippen LogP contribution in [0.25, 0.3) is 0 Å².